The fourth-order valence-electron chi connectivity index (χ4n) is 3.37. The Hall–Kier alpha value is -1.63. The van der Waals surface area contributed by atoms with Crippen LogP contribution >= 0.6 is 0 Å². The lowest BCUT2D eigenvalue weighted by Crippen LogP contribution is -2.43. The molecule has 0 aromatic carbocycles. The lowest BCUT2D eigenvalue weighted by Gasteiger charge is -2.31. The molecule has 1 amide bonds. The highest BCUT2D eigenvalue weighted by Gasteiger charge is 2.33. The molecule has 2 aliphatic rings. The van der Waals surface area contributed by atoms with Crippen molar-refractivity contribution >= 4 is 5.91 Å². The number of hydrogen-bond acceptors (Lipinski definition) is 4. The normalized spacial score (nSPS) is 20.2. The molecule has 2 heterocycles. The molecule has 1 aromatic rings. The average molecular weight is 321 g/mol. The van der Waals surface area contributed by atoms with E-state index in [0.29, 0.717) is 18.5 Å². The molecule has 0 atom stereocenters. The zero-order chi connectivity index (χ0) is 16.6. The van der Waals surface area contributed by atoms with E-state index in [1.807, 2.05) is 18.4 Å². The Labute approximate surface area is 136 Å². The van der Waals surface area contributed by atoms with Crippen LogP contribution in [0.25, 0.3) is 0 Å². The molecule has 2 fully saturated rings. The summed E-state index contributed by atoms with van der Waals surface area (Å²) in [5.74, 6) is 1.37. The number of hydrogen-bond donors (Lipinski definition) is 1. The number of aromatic nitrogens is 3. The van der Waals surface area contributed by atoms with Crippen molar-refractivity contribution in [1.29, 1.82) is 0 Å². The Bertz CT molecular complexity index is 621. The topological polar surface area (TPSA) is 72.2 Å². The maximum Gasteiger partial charge on any atom is 0.345 e. The SMILES string of the molecule is CC(C)NC(=O)CN1CCC(c2nn(C)c(=O)n2C2CC2)CC1. The van der Waals surface area contributed by atoms with Gasteiger partial charge in [0.1, 0.15) is 5.82 Å². The molecule has 1 saturated carbocycles. The number of nitrogens with one attached hydrogen (secondary N) is 1. The molecule has 1 aromatic heterocycles. The highest BCUT2D eigenvalue weighted by atomic mass is 16.2. The number of carbonyl (C=O) groups excluding carboxylic acids is 1. The highest BCUT2D eigenvalue weighted by molar-refractivity contribution is 5.78. The van der Waals surface area contributed by atoms with E-state index in [1.54, 1.807) is 7.05 Å². The van der Waals surface area contributed by atoms with Crippen LogP contribution in [-0.2, 0) is 11.8 Å². The summed E-state index contributed by atoms with van der Waals surface area (Å²) in [5, 5.41) is 7.42. The molecule has 0 bridgehead atoms. The minimum atomic E-state index is 0.0150. The molecule has 0 unspecified atom stereocenters. The first kappa shape index (κ1) is 16.2. The van der Waals surface area contributed by atoms with Crippen LogP contribution in [-0.4, -0.2) is 50.8 Å². The predicted molar refractivity (Wildman–Crippen MR) is 87.4 cm³/mol. The molecule has 1 aliphatic heterocycles. The van der Waals surface area contributed by atoms with E-state index in [9.17, 15) is 9.59 Å². The number of carbonyl (C=O) groups is 1. The first-order valence-electron chi connectivity index (χ1n) is 8.63. The molecule has 128 valence electrons. The van der Waals surface area contributed by atoms with E-state index in [2.05, 4.69) is 15.3 Å². The minimum absolute atomic E-state index is 0.0150. The van der Waals surface area contributed by atoms with Crippen LogP contribution in [0.15, 0.2) is 4.79 Å². The number of aryl methyl sites for hydroxylation is 1. The molecule has 3 rings (SSSR count). The van der Waals surface area contributed by atoms with Gasteiger partial charge in [0, 0.05) is 25.0 Å². The van der Waals surface area contributed by atoms with Crippen molar-refractivity contribution < 1.29 is 4.79 Å². The second kappa shape index (κ2) is 6.47. The van der Waals surface area contributed by atoms with Crippen LogP contribution < -0.4 is 11.0 Å². The van der Waals surface area contributed by atoms with Gasteiger partial charge < -0.3 is 5.32 Å². The smallest absolute Gasteiger partial charge is 0.345 e. The summed E-state index contributed by atoms with van der Waals surface area (Å²) >= 11 is 0. The van der Waals surface area contributed by atoms with E-state index in [4.69, 9.17) is 0 Å². The Morgan fingerprint density at radius 1 is 1.26 bits per heavy atom. The van der Waals surface area contributed by atoms with Crippen molar-refractivity contribution in [3.63, 3.8) is 0 Å². The molecule has 7 nitrogen and oxygen atoms in total. The average Bonchev–Trinajstić information content (AvgIpc) is 3.26. The van der Waals surface area contributed by atoms with Crippen LogP contribution in [0.3, 0.4) is 0 Å². The number of amides is 1. The van der Waals surface area contributed by atoms with Crippen LogP contribution in [0.2, 0.25) is 0 Å². The van der Waals surface area contributed by atoms with Gasteiger partial charge in [0.05, 0.1) is 6.54 Å². The monoisotopic (exact) mass is 321 g/mol. The first-order chi connectivity index (χ1) is 11.0. The molecule has 1 N–H and O–H groups in total. The van der Waals surface area contributed by atoms with Crippen LogP contribution in [0, 0.1) is 0 Å². The Morgan fingerprint density at radius 2 is 1.91 bits per heavy atom. The molecule has 1 saturated heterocycles. The molecule has 23 heavy (non-hydrogen) atoms. The van der Waals surface area contributed by atoms with Crippen LogP contribution in [0.5, 0.6) is 0 Å². The van der Waals surface area contributed by atoms with Crippen molar-refractivity contribution in [2.24, 2.45) is 7.05 Å². The van der Waals surface area contributed by atoms with Gasteiger partial charge in [-0.15, -0.1) is 0 Å². The van der Waals surface area contributed by atoms with E-state index >= 15 is 0 Å². The maximum atomic E-state index is 12.2. The lowest BCUT2D eigenvalue weighted by atomic mass is 9.96. The first-order valence-corrected chi connectivity index (χ1v) is 8.63. The summed E-state index contributed by atoms with van der Waals surface area (Å²) in [4.78, 5) is 26.3. The van der Waals surface area contributed by atoms with Crippen molar-refractivity contribution in [3.05, 3.63) is 16.3 Å². The zero-order valence-corrected chi connectivity index (χ0v) is 14.3. The van der Waals surface area contributed by atoms with Crippen molar-refractivity contribution in [2.75, 3.05) is 19.6 Å². The number of rotatable bonds is 5. The van der Waals surface area contributed by atoms with Crippen molar-refractivity contribution in [1.82, 2.24) is 24.6 Å². The van der Waals surface area contributed by atoms with Gasteiger partial charge in [-0.1, -0.05) is 0 Å². The van der Waals surface area contributed by atoms with Gasteiger partial charge >= 0.3 is 5.69 Å². The fraction of sp³-hybridized carbons (Fsp3) is 0.812. The highest BCUT2D eigenvalue weighted by Crippen LogP contribution is 2.37. The van der Waals surface area contributed by atoms with E-state index in [0.717, 1.165) is 44.6 Å². The summed E-state index contributed by atoms with van der Waals surface area (Å²) in [6, 6.07) is 0.544. The number of nitrogens with zero attached hydrogens (tertiary/aromatic N) is 4. The molecule has 0 radical (unpaired) electrons. The largest absolute Gasteiger partial charge is 0.353 e. The van der Waals surface area contributed by atoms with Crippen LogP contribution in [0.4, 0.5) is 0 Å². The summed E-state index contributed by atoms with van der Waals surface area (Å²) in [6.45, 7) is 6.17. The van der Waals surface area contributed by atoms with Gasteiger partial charge in [-0.3, -0.25) is 14.3 Å². The Morgan fingerprint density at radius 3 is 2.48 bits per heavy atom. The summed E-state index contributed by atoms with van der Waals surface area (Å²) in [6.07, 6.45) is 4.09. The summed E-state index contributed by atoms with van der Waals surface area (Å²) in [5.41, 5.74) is 0.0150. The third-order valence-electron chi connectivity index (χ3n) is 4.66. The third kappa shape index (κ3) is 3.65. The summed E-state index contributed by atoms with van der Waals surface area (Å²) < 4.78 is 3.38. The number of likely N-dealkylation sites (tertiary alicyclic amines) is 1. The minimum Gasteiger partial charge on any atom is -0.353 e. The molecular weight excluding hydrogens is 294 g/mol. The summed E-state index contributed by atoms with van der Waals surface area (Å²) in [7, 11) is 1.73. The molecule has 0 spiro atoms. The third-order valence-corrected chi connectivity index (χ3v) is 4.66. The molecule has 7 heteroatoms. The van der Waals surface area contributed by atoms with Gasteiger partial charge in [-0.2, -0.15) is 5.10 Å². The van der Waals surface area contributed by atoms with Crippen LogP contribution in [0.1, 0.15) is 57.3 Å². The fourth-order valence-corrected chi connectivity index (χ4v) is 3.37. The van der Waals surface area contributed by atoms with Gasteiger partial charge in [0.15, 0.2) is 0 Å². The van der Waals surface area contributed by atoms with E-state index < -0.39 is 0 Å². The van der Waals surface area contributed by atoms with Gasteiger partial charge in [-0.25, -0.2) is 9.48 Å². The van der Waals surface area contributed by atoms with E-state index in [-0.39, 0.29) is 17.6 Å². The van der Waals surface area contributed by atoms with E-state index in [1.165, 1.54) is 4.68 Å². The standard InChI is InChI=1S/C16H27N5O2/c1-11(2)17-14(22)10-20-8-6-12(7-9-20)15-18-19(3)16(23)21(15)13-4-5-13/h11-13H,4-10H2,1-3H3,(H,17,22). The Balaban J connectivity index is 1.60. The number of piperidine rings is 1. The quantitative estimate of drug-likeness (QED) is 0.863. The Kier molecular flexibility index (Phi) is 4.57. The predicted octanol–water partition coefficient (Wildman–Crippen LogP) is 0.621. The maximum absolute atomic E-state index is 12.2. The zero-order valence-electron chi connectivity index (χ0n) is 14.3. The molecular formula is C16H27N5O2. The van der Waals surface area contributed by atoms with Gasteiger partial charge in [-0.05, 0) is 52.6 Å². The molecule has 1 aliphatic carbocycles. The van der Waals surface area contributed by atoms with Gasteiger partial charge in [0.25, 0.3) is 0 Å². The van der Waals surface area contributed by atoms with Crippen molar-refractivity contribution in [2.45, 2.75) is 57.5 Å². The second-order valence-corrected chi connectivity index (χ2v) is 7.14. The van der Waals surface area contributed by atoms with Gasteiger partial charge in [0.2, 0.25) is 5.91 Å². The van der Waals surface area contributed by atoms with Crippen molar-refractivity contribution in [3.8, 4) is 0 Å². The second-order valence-electron chi connectivity index (χ2n) is 7.14. The lowest BCUT2D eigenvalue weighted by molar-refractivity contribution is -0.123.